The second kappa shape index (κ2) is 5.97. The van der Waals surface area contributed by atoms with Crippen molar-refractivity contribution in [1.29, 1.82) is 0 Å². The fourth-order valence-electron chi connectivity index (χ4n) is 3.39. The molecular formula is C16H21FN2OS. The van der Waals surface area contributed by atoms with Gasteiger partial charge in [-0.3, -0.25) is 4.79 Å². The lowest BCUT2D eigenvalue weighted by Crippen LogP contribution is -2.33. The molecular weight excluding hydrogens is 287 g/mol. The second-order valence-corrected chi connectivity index (χ2v) is 6.89. The van der Waals surface area contributed by atoms with Gasteiger partial charge in [-0.25, -0.2) is 4.39 Å². The molecule has 21 heavy (non-hydrogen) atoms. The van der Waals surface area contributed by atoms with Gasteiger partial charge < -0.3 is 10.6 Å². The van der Waals surface area contributed by atoms with Gasteiger partial charge in [0.2, 0.25) is 5.91 Å². The summed E-state index contributed by atoms with van der Waals surface area (Å²) in [4.78, 5) is 13.3. The standard InChI is InChI=1S/C16H21FN2OS/c1-21-14-3-2-12(17)8-11(14)10-19-15(20)13-9-16(13)4-6-18-7-5-16/h2-3,8,13,18H,4-7,9-10H2,1H3,(H,19,20). The van der Waals surface area contributed by atoms with E-state index in [2.05, 4.69) is 10.6 Å². The fraction of sp³-hybridized carbons (Fsp3) is 0.562. The molecule has 0 radical (unpaired) electrons. The van der Waals surface area contributed by atoms with E-state index in [-0.39, 0.29) is 23.1 Å². The average Bonchev–Trinajstić information content (AvgIpc) is 3.19. The molecule has 1 aliphatic carbocycles. The highest BCUT2D eigenvalue weighted by molar-refractivity contribution is 7.98. The van der Waals surface area contributed by atoms with E-state index in [0.29, 0.717) is 6.54 Å². The van der Waals surface area contributed by atoms with Crippen molar-refractivity contribution >= 4 is 17.7 Å². The lowest BCUT2D eigenvalue weighted by atomic mass is 9.92. The molecule has 1 spiro atoms. The van der Waals surface area contributed by atoms with Gasteiger partial charge in [-0.15, -0.1) is 11.8 Å². The van der Waals surface area contributed by atoms with E-state index >= 15 is 0 Å². The first-order chi connectivity index (χ1) is 10.1. The van der Waals surface area contributed by atoms with Gasteiger partial charge in [-0.05, 0) is 67.8 Å². The van der Waals surface area contributed by atoms with Gasteiger partial charge in [-0.2, -0.15) is 0 Å². The molecule has 1 unspecified atom stereocenters. The number of nitrogens with one attached hydrogen (secondary N) is 2. The van der Waals surface area contributed by atoms with E-state index in [4.69, 9.17) is 0 Å². The molecule has 1 heterocycles. The van der Waals surface area contributed by atoms with Crippen LogP contribution in [0.15, 0.2) is 23.1 Å². The maximum absolute atomic E-state index is 13.3. The van der Waals surface area contributed by atoms with Crippen LogP contribution in [-0.2, 0) is 11.3 Å². The average molecular weight is 308 g/mol. The third-order valence-corrected chi connectivity index (χ3v) is 5.64. The first kappa shape index (κ1) is 14.9. The number of rotatable bonds is 4. The molecule has 2 fully saturated rings. The Morgan fingerprint density at radius 3 is 2.95 bits per heavy atom. The minimum absolute atomic E-state index is 0.133. The van der Waals surface area contributed by atoms with Crippen molar-refractivity contribution in [2.75, 3.05) is 19.3 Å². The van der Waals surface area contributed by atoms with Crippen LogP contribution in [0, 0.1) is 17.2 Å². The summed E-state index contributed by atoms with van der Waals surface area (Å²) >= 11 is 1.58. The van der Waals surface area contributed by atoms with Gasteiger partial charge >= 0.3 is 0 Å². The number of piperidine rings is 1. The third kappa shape index (κ3) is 3.09. The number of amides is 1. The summed E-state index contributed by atoms with van der Waals surface area (Å²) in [7, 11) is 0. The molecule has 3 nitrogen and oxygen atoms in total. The Labute approximate surface area is 129 Å². The summed E-state index contributed by atoms with van der Waals surface area (Å²) in [5.41, 5.74) is 1.11. The van der Waals surface area contributed by atoms with Crippen molar-refractivity contribution in [2.24, 2.45) is 11.3 Å². The van der Waals surface area contributed by atoms with Crippen LogP contribution < -0.4 is 10.6 Å². The quantitative estimate of drug-likeness (QED) is 0.840. The lowest BCUT2D eigenvalue weighted by Gasteiger charge is -2.23. The van der Waals surface area contributed by atoms with Gasteiger partial charge in [-0.1, -0.05) is 0 Å². The van der Waals surface area contributed by atoms with Gasteiger partial charge in [0.1, 0.15) is 5.82 Å². The second-order valence-electron chi connectivity index (χ2n) is 6.04. The highest BCUT2D eigenvalue weighted by Gasteiger charge is 2.57. The summed E-state index contributed by atoms with van der Waals surface area (Å²) < 4.78 is 13.3. The molecule has 2 N–H and O–H groups in total. The number of halogens is 1. The lowest BCUT2D eigenvalue weighted by molar-refractivity contribution is -0.123. The zero-order valence-electron chi connectivity index (χ0n) is 12.2. The highest BCUT2D eigenvalue weighted by Crippen LogP contribution is 2.58. The summed E-state index contributed by atoms with van der Waals surface area (Å²) in [6.45, 7) is 2.45. The van der Waals surface area contributed by atoms with E-state index in [1.54, 1.807) is 17.8 Å². The molecule has 0 aromatic heterocycles. The number of hydrogen-bond donors (Lipinski definition) is 2. The minimum Gasteiger partial charge on any atom is -0.352 e. The molecule has 1 aromatic rings. The molecule has 1 saturated carbocycles. The van der Waals surface area contributed by atoms with Gasteiger partial charge in [0, 0.05) is 17.4 Å². The monoisotopic (exact) mass is 308 g/mol. The highest BCUT2D eigenvalue weighted by atomic mass is 32.2. The number of hydrogen-bond acceptors (Lipinski definition) is 3. The summed E-state index contributed by atoms with van der Waals surface area (Å²) in [5, 5.41) is 6.34. The zero-order valence-corrected chi connectivity index (χ0v) is 13.1. The van der Waals surface area contributed by atoms with E-state index < -0.39 is 0 Å². The molecule has 2 aliphatic rings. The Bertz CT molecular complexity index is 543. The predicted molar refractivity (Wildman–Crippen MR) is 82.7 cm³/mol. The molecule has 3 rings (SSSR count). The van der Waals surface area contributed by atoms with Crippen LogP contribution in [0.5, 0.6) is 0 Å². The normalized spacial score (nSPS) is 23.0. The SMILES string of the molecule is CSc1ccc(F)cc1CNC(=O)C1CC12CCNCC2. The largest absolute Gasteiger partial charge is 0.352 e. The molecule has 1 saturated heterocycles. The number of carbonyl (C=O) groups is 1. The first-order valence-electron chi connectivity index (χ1n) is 7.45. The molecule has 1 amide bonds. The number of benzene rings is 1. The Morgan fingerprint density at radius 2 is 2.24 bits per heavy atom. The first-order valence-corrected chi connectivity index (χ1v) is 8.68. The van der Waals surface area contributed by atoms with E-state index in [0.717, 1.165) is 42.8 Å². The summed E-state index contributed by atoms with van der Waals surface area (Å²) in [6.07, 6.45) is 5.17. The van der Waals surface area contributed by atoms with Crippen molar-refractivity contribution in [3.8, 4) is 0 Å². The van der Waals surface area contributed by atoms with Gasteiger partial charge in [0.15, 0.2) is 0 Å². The van der Waals surface area contributed by atoms with E-state index in [9.17, 15) is 9.18 Å². The van der Waals surface area contributed by atoms with Crippen LogP contribution in [0.3, 0.4) is 0 Å². The topological polar surface area (TPSA) is 41.1 Å². The third-order valence-electron chi connectivity index (χ3n) is 4.80. The van der Waals surface area contributed by atoms with Crippen molar-refractivity contribution in [2.45, 2.75) is 30.7 Å². The van der Waals surface area contributed by atoms with Crippen LogP contribution >= 0.6 is 11.8 Å². The molecule has 114 valence electrons. The molecule has 5 heteroatoms. The van der Waals surface area contributed by atoms with Crippen LogP contribution in [-0.4, -0.2) is 25.3 Å². The van der Waals surface area contributed by atoms with Crippen molar-refractivity contribution < 1.29 is 9.18 Å². The molecule has 1 aromatic carbocycles. The Balaban J connectivity index is 1.58. The number of thioether (sulfide) groups is 1. The maximum atomic E-state index is 13.3. The maximum Gasteiger partial charge on any atom is 0.223 e. The van der Waals surface area contributed by atoms with Gasteiger partial charge in [0.05, 0.1) is 0 Å². The van der Waals surface area contributed by atoms with Crippen LogP contribution in [0.1, 0.15) is 24.8 Å². The number of carbonyl (C=O) groups excluding carboxylic acids is 1. The molecule has 0 bridgehead atoms. The van der Waals surface area contributed by atoms with Crippen LogP contribution in [0.2, 0.25) is 0 Å². The Hall–Kier alpha value is -1.07. The van der Waals surface area contributed by atoms with Crippen LogP contribution in [0.4, 0.5) is 4.39 Å². The molecule has 1 atom stereocenters. The molecule has 1 aliphatic heterocycles. The van der Waals surface area contributed by atoms with E-state index in [1.165, 1.54) is 12.1 Å². The van der Waals surface area contributed by atoms with Crippen molar-refractivity contribution in [3.63, 3.8) is 0 Å². The Morgan fingerprint density at radius 1 is 1.48 bits per heavy atom. The zero-order chi connectivity index (χ0) is 14.9. The Kier molecular flexibility index (Phi) is 4.22. The summed E-state index contributed by atoms with van der Waals surface area (Å²) in [5.74, 6) is 0.0393. The van der Waals surface area contributed by atoms with Crippen molar-refractivity contribution in [1.82, 2.24) is 10.6 Å². The van der Waals surface area contributed by atoms with E-state index in [1.807, 2.05) is 6.26 Å². The predicted octanol–water partition coefficient (Wildman–Crippen LogP) is 2.55. The fourth-order valence-corrected chi connectivity index (χ4v) is 3.98. The van der Waals surface area contributed by atoms with Crippen molar-refractivity contribution in [3.05, 3.63) is 29.6 Å². The van der Waals surface area contributed by atoms with Crippen LogP contribution in [0.25, 0.3) is 0 Å². The minimum atomic E-state index is -0.252. The smallest absolute Gasteiger partial charge is 0.223 e. The summed E-state index contributed by atoms with van der Waals surface area (Å²) in [6, 6.07) is 4.74. The van der Waals surface area contributed by atoms with Gasteiger partial charge in [0.25, 0.3) is 0 Å².